The molecule has 0 aliphatic carbocycles. The third kappa shape index (κ3) is 2.62. The summed E-state index contributed by atoms with van der Waals surface area (Å²) in [6.07, 6.45) is 3.83. The van der Waals surface area contributed by atoms with Crippen molar-refractivity contribution in [3.05, 3.63) is 29.3 Å². The van der Waals surface area contributed by atoms with Crippen LogP contribution in [0.25, 0.3) is 0 Å². The quantitative estimate of drug-likeness (QED) is 0.912. The molecule has 0 spiro atoms. The van der Waals surface area contributed by atoms with E-state index in [0.29, 0.717) is 4.90 Å². The van der Waals surface area contributed by atoms with Gasteiger partial charge in [-0.25, -0.2) is 8.42 Å². The molecular weight excluding hydrogens is 284 g/mol. The third-order valence-electron chi connectivity index (χ3n) is 4.77. The smallest absolute Gasteiger partial charge is 0.243 e. The van der Waals surface area contributed by atoms with E-state index < -0.39 is 10.0 Å². The van der Waals surface area contributed by atoms with E-state index in [2.05, 4.69) is 5.32 Å². The van der Waals surface area contributed by atoms with E-state index >= 15 is 0 Å². The Morgan fingerprint density at radius 2 is 1.90 bits per heavy atom. The van der Waals surface area contributed by atoms with Crippen molar-refractivity contribution in [3.63, 3.8) is 0 Å². The molecular formula is C16H24N2O2S. The summed E-state index contributed by atoms with van der Waals surface area (Å²) in [5, 5.41) is 3.31. The van der Waals surface area contributed by atoms with E-state index in [1.807, 2.05) is 26.0 Å². The molecule has 2 aliphatic heterocycles. The van der Waals surface area contributed by atoms with E-state index in [9.17, 15) is 8.42 Å². The fourth-order valence-corrected chi connectivity index (χ4v) is 5.90. The van der Waals surface area contributed by atoms with Crippen LogP contribution in [0, 0.1) is 0 Å². The second kappa shape index (κ2) is 5.71. The number of benzene rings is 1. The Morgan fingerprint density at radius 1 is 1.19 bits per heavy atom. The lowest BCUT2D eigenvalue weighted by Crippen LogP contribution is -2.47. The minimum absolute atomic E-state index is 0.0938. The summed E-state index contributed by atoms with van der Waals surface area (Å²) in [7, 11) is -3.40. The maximum absolute atomic E-state index is 13.2. The van der Waals surface area contributed by atoms with Crippen molar-refractivity contribution < 1.29 is 8.42 Å². The largest absolute Gasteiger partial charge is 0.312 e. The lowest BCUT2D eigenvalue weighted by Gasteiger charge is -2.38. The first-order chi connectivity index (χ1) is 10.0. The van der Waals surface area contributed by atoms with E-state index in [4.69, 9.17) is 0 Å². The molecule has 1 aromatic carbocycles. The first kappa shape index (κ1) is 15.0. The Hall–Kier alpha value is -0.910. The number of hydrogen-bond acceptors (Lipinski definition) is 3. The van der Waals surface area contributed by atoms with Crippen LogP contribution >= 0.6 is 0 Å². The second-order valence-corrected chi connectivity index (χ2v) is 8.10. The van der Waals surface area contributed by atoms with Gasteiger partial charge in [0.2, 0.25) is 10.0 Å². The van der Waals surface area contributed by atoms with Gasteiger partial charge in [-0.3, -0.25) is 0 Å². The topological polar surface area (TPSA) is 49.4 Å². The van der Waals surface area contributed by atoms with Crippen molar-refractivity contribution in [3.8, 4) is 0 Å². The van der Waals surface area contributed by atoms with E-state index in [0.717, 1.165) is 49.9 Å². The summed E-state index contributed by atoms with van der Waals surface area (Å²) in [6, 6.07) is 5.88. The van der Waals surface area contributed by atoms with Gasteiger partial charge in [-0.05, 0) is 56.8 Å². The third-order valence-corrected chi connectivity index (χ3v) is 6.98. The van der Waals surface area contributed by atoms with E-state index in [1.165, 1.54) is 0 Å². The van der Waals surface area contributed by atoms with Crippen LogP contribution in [0.4, 0.5) is 0 Å². The summed E-state index contributed by atoms with van der Waals surface area (Å²) in [4.78, 5) is 0.530. The van der Waals surface area contributed by atoms with Gasteiger partial charge < -0.3 is 5.32 Å². The van der Waals surface area contributed by atoms with Gasteiger partial charge in [0.25, 0.3) is 0 Å². The zero-order chi connectivity index (χ0) is 15.0. The molecule has 4 nitrogen and oxygen atoms in total. The second-order valence-electron chi connectivity index (χ2n) is 6.28. The van der Waals surface area contributed by atoms with Crippen LogP contribution in [0.3, 0.4) is 0 Å². The van der Waals surface area contributed by atoms with Crippen LogP contribution < -0.4 is 5.32 Å². The zero-order valence-corrected chi connectivity index (χ0v) is 13.6. The predicted octanol–water partition coefficient (Wildman–Crippen LogP) is 2.28. The van der Waals surface area contributed by atoms with E-state index in [1.54, 1.807) is 10.4 Å². The Labute approximate surface area is 127 Å². The van der Waals surface area contributed by atoms with Crippen molar-refractivity contribution in [2.24, 2.45) is 0 Å². The number of hydrogen-bond donors (Lipinski definition) is 1. The molecule has 1 saturated heterocycles. The molecule has 1 fully saturated rings. The van der Waals surface area contributed by atoms with Crippen LogP contribution in [0.15, 0.2) is 23.1 Å². The summed E-state index contributed by atoms with van der Waals surface area (Å²) in [6.45, 7) is 5.68. The summed E-state index contributed by atoms with van der Waals surface area (Å²) < 4.78 is 28.1. The average molecular weight is 308 g/mol. The molecule has 2 heterocycles. The molecule has 21 heavy (non-hydrogen) atoms. The van der Waals surface area contributed by atoms with Crippen LogP contribution in [0.5, 0.6) is 0 Å². The molecule has 5 heteroatoms. The van der Waals surface area contributed by atoms with Gasteiger partial charge >= 0.3 is 0 Å². The van der Waals surface area contributed by atoms with Gasteiger partial charge in [-0.2, -0.15) is 4.31 Å². The maximum Gasteiger partial charge on any atom is 0.243 e. The van der Waals surface area contributed by atoms with Gasteiger partial charge in [-0.15, -0.1) is 0 Å². The highest BCUT2D eigenvalue weighted by Crippen LogP contribution is 2.32. The number of fused-ring (bicyclic) bond motifs is 1. The maximum atomic E-state index is 13.2. The van der Waals surface area contributed by atoms with Crippen molar-refractivity contribution in [1.82, 2.24) is 9.62 Å². The van der Waals surface area contributed by atoms with Crippen molar-refractivity contribution >= 4 is 10.0 Å². The number of nitrogens with one attached hydrogen (secondary N) is 1. The first-order valence-corrected chi connectivity index (χ1v) is 9.31. The monoisotopic (exact) mass is 308 g/mol. The molecule has 0 amide bonds. The van der Waals surface area contributed by atoms with Gasteiger partial charge in [0.05, 0.1) is 4.90 Å². The minimum Gasteiger partial charge on any atom is -0.312 e. The Morgan fingerprint density at radius 3 is 2.62 bits per heavy atom. The molecule has 0 saturated carbocycles. The lowest BCUT2D eigenvalue weighted by molar-refractivity contribution is 0.204. The Balaban J connectivity index is 2.06. The van der Waals surface area contributed by atoms with Gasteiger partial charge in [0.15, 0.2) is 0 Å². The fraction of sp³-hybridized carbons (Fsp3) is 0.625. The molecule has 0 bridgehead atoms. The molecule has 3 rings (SSSR count). The molecule has 1 N–H and O–H groups in total. The number of piperidine rings is 1. The van der Waals surface area contributed by atoms with Crippen molar-refractivity contribution in [1.29, 1.82) is 0 Å². The highest BCUT2D eigenvalue weighted by Gasteiger charge is 2.37. The van der Waals surface area contributed by atoms with Crippen LogP contribution in [-0.2, 0) is 23.0 Å². The highest BCUT2D eigenvalue weighted by molar-refractivity contribution is 7.89. The average Bonchev–Trinajstić information content (AvgIpc) is 2.46. The number of rotatable bonds is 2. The Bertz CT molecular complexity index is 617. The summed E-state index contributed by atoms with van der Waals surface area (Å²) >= 11 is 0. The molecule has 0 aromatic heterocycles. The molecule has 116 valence electrons. The van der Waals surface area contributed by atoms with Crippen LogP contribution in [0.2, 0.25) is 0 Å². The highest BCUT2D eigenvalue weighted by atomic mass is 32.2. The van der Waals surface area contributed by atoms with Crippen LogP contribution in [-0.4, -0.2) is 31.4 Å². The normalized spacial score (nSPS) is 27.3. The number of nitrogens with zero attached hydrogens (tertiary/aromatic N) is 1. The minimum atomic E-state index is -3.40. The van der Waals surface area contributed by atoms with Gasteiger partial charge in [0, 0.05) is 18.6 Å². The summed E-state index contributed by atoms with van der Waals surface area (Å²) in [5.74, 6) is 0. The van der Waals surface area contributed by atoms with Crippen molar-refractivity contribution in [2.45, 2.75) is 63.1 Å². The molecule has 0 radical (unpaired) electrons. The molecule has 2 unspecified atom stereocenters. The zero-order valence-electron chi connectivity index (χ0n) is 12.8. The van der Waals surface area contributed by atoms with Crippen LogP contribution in [0.1, 0.15) is 44.2 Å². The van der Waals surface area contributed by atoms with Gasteiger partial charge in [-0.1, -0.05) is 18.6 Å². The van der Waals surface area contributed by atoms with Crippen molar-refractivity contribution in [2.75, 3.05) is 6.54 Å². The Kier molecular flexibility index (Phi) is 4.08. The lowest BCUT2D eigenvalue weighted by atomic mass is 10.0. The SMILES string of the molecule is CC1CCCC(C)N1S(=O)(=O)c1cccc2c1CCNC2. The van der Waals surface area contributed by atoms with E-state index in [-0.39, 0.29) is 12.1 Å². The standard InChI is InChI=1S/C16H24N2O2S/c1-12-5-3-6-13(2)18(12)21(19,20)16-8-4-7-14-11-17-10-9-15(14)16/h4,7-8,12-13,17H,3,5-6,9-11H2,1-2H3. The number of sulfonamides is 1. The fourth-order valence-electron chi connectivity index (χ4n) is 3.72. The summed E-state index contributed by atoms with van der Waals surface area (Å²) in [5.41, 5.74) is 2.14. The van der Waals surface area contributed by atoms with Gasteiger partial charge in [0.1, 0.15) is 0 Å². The predicted molar refractivity (Wildman–Crippen MR) is 83.7 cm³/mol. The molecule has 2 aliphatic rings. The molecule has 1 aromatic rings. The first-order valence-electron chi connectivity index (χ1n) is 7.87. The molecule has 2 atom stereocenters.